The summed E-state index contributed by atoms with van der Waals surface area (Å²) in [6.45, 7) is 1.23. The van der Waals surface area contributed by atoms with Crippen LogP contribution in [0.5, 0.6) is 0 Å². The van der Waals surface area contributed by atoms with Crippen molar-refractivity contribution in [3.63, 3.8) is 0 Å². The molecular formula is C22H18F6N4. The van der Waals surface area contributed by atoms with Crippen LogP contribution in [-0.2, 0) is 24.3 Å². The Labute approximate surface area is 179 Å². The summed E-state index contributed by atoms with van der Waals surface area (Å²) >= 11 is 0. The molecule has 0 aliphatic carbocycles. The van der Waals surface area contributed by atoms with Crippen LogP contribution in [0.15, 0.2) is 48.7 Å². The normalized spacial score (nSPS) is 20.2. The molecule has 32 heavy (non-hydrogen) atoms. The number of hydrogen-bond acceptors (Lipinski definition) is 3. The highest BCUT2D eigenvalue weighted by Gasteiger charge is 2.48. The van der Waals surface area contributed by atoms with Gasteiger partial charge in [-0.05, 0) is 47.9 Å². The minimum absolute atomic E-state index is 0.277. The summed E-state index contributed by atoms with van der Waals surface area (Å²) in [6.07, 6.45) is -6.71. The molecule has 2 aliphatic heterocycles. The lowest BCUT2D eigenvalue weighted by Crippen LogP contribution is -2.39. The quantitative estimate of drug-likeness (QED) is 0.500. The van der Waals surface area contributed by atoms with Gasteiger partial charge in [-0.1, -0.05) is 12.1 Å². The van der Waals surface area contributed by atoms with Gasteiger partial charge in [0.05, 0.1) is 17.3 Å². The number of alkyl halides is 6. The SMILES string of the molecule is FC(F)(F)c1ccc(CN2C[C@]3(CCNc4[nH]ncc43)c3cc(C(F)(F)F)ccc32)cc1. The van der Waals surface area contributed by atoms with Gasteiger partial charge in [0.2, 0.25) is 0 Å². The van der Waals surface area contributed by atoms with Crippen LogP contribution in [0, 0.1) is 0 Å². The van der Waals surface area contributed by atoms with E-state index in [0.717, 1.165) is 23.8 Å². The minimum atomic E-state index is -4.48. The van der Waals surface area contributed by atoms with Crippen LogP contribution in [0.25, 0.3) is 0 Å². The maximum absolute atomic E-state index is 13.5. The van der Waals surface area contributed by atoms with E-state index in [1.54, 1.807) is 6.20 Å². The average molecular weight is 452 g/mol. The highest BCUT2D eigenvalue weighted by atomic mass is 19.4. The van der Waals surface area contributed by atoms with Gasteiger partial charge in [0, 0.05) is 36.3 Å². The van der Waals surface area contributed by atoms with Crippen LogP contribution in [0.2, 0.25) is 0 Å². The van der Waals surface area contributed by atoms with Crippen molar-refractivity contribution in [1.29, 1.82) is 0 Å². The number of nitrogens with zero attached hydrogens (tertiary/aromatic N) is 2. The molecule has 3 heterocycles. The first-order valence-corrected chi connectivity index (χ1v) is 9.98. The molecule has 0 unspecified atom stereocenters. The Morgan fingerprint density at radius 2 is 1.59 bits per heavy atom. The van der Waals surface area contributed by atoms with E-state index in [0.29, 0.717) is 42.1 Å². The highest BCUT2D eigenvalue weighted by molar-refractivity contribution is 5.71. The van der Waals surface area contributed by atoms with E-state index in [9.17, 15) is 26.3 Å². The Balaban J connectivity index is 1.56. The Kier molecular flexibility index (Phi) is 4.48. The van der Waals surface area contributed by atoms with E-state index >= 15 is 0 Å². The third-order valence-corrected chi connectivity index (χ3v) is 6.30. The first-order valence-electron chi connectivity index (χ1n) is 9.98. The summed E-state index contributed by atoms with van der Waals surface area (Å²) < 4.78 is 79.1. The maximum Gasteiger partial charge on any atom is 0.416 e. The number of nitrogens with one attached hydrogen (secondary N) is 2. The molecular weight excluding hydrogens is 434 g/mol. The van der Waals surface area contributed by atoms with Crippen molar-refractivity contribution in [2.75, 3.05) is 23.3 Å². The van der Waals surface area contributed by atoms with Gasteiger partial charge in [0.1, 0.15) is 5.82 Å². The van der Waals surface area contributed by atoms with E-state index in [-0.39, 0.29) is 6.54 Å². The molecule has 3 aromatic rings. The molecule has 0 bridgehead atoms. The topological polar surface area (TPSA) is 44.0 Å². The van der Waals surface area contributed by atoms with Crippen LogP contribution >= 0.6 is 0 Å². The molecule has 0 amide bonds. The molecule has 168 valence electrons. The van der Waals surface area contributed by atoms with Crippen molar-refractivity contribution in [1.82, 2.24) is 10.2 Å². The van der Waals surface area contributed by atoms with Crippen LogP contribution < -0.4 is 10.2 Å². The zero-order chi connectivity index (χ0) is 22.7. The largest absolute Gasteiger partial charge is 0.416 e. The second kappa shape index (κ2) is 6.91. The standard InChI is InChI=1S/C22H18F6N4/c23-21(24,25)14-3-1-13(2-4-14)11-32-12-20(7-8-29-19-17(20)10-30-31-19)16-9-15(22(26,27)28)5-6-18(16)32/h1-6,9-10H,7-8,11-12H2,(H2,29,30,31)/t20-/m1/s1. The lowest BCUT2D eigenvalue weighted by atomic mass is 9.72. The van der Waals surface area contributed by atoms with Crippen molar-refractivity contribution in [3.8, 4) is 0 Å². The molecule has 10 heteroatoms. The van der Waals surface area contributed by atoms with E-state index in [1.165, 1.54) is 24.3 Å². The Hall–Kier alpha value is -3.17. The number of rotatable bonds is 2. The number of hydrogen-bond donors (Lipinski definition) is 2. The molecule has 2 aromatic carbocycles. The molecule has 1 aromatic heterocycles. The first-order chi connectivity index (χ1) is 15.1. The van der Waals surface area contributed by atoms with Gasteiger partial charge in [-0.2, -0.15) is 31.4 Å². The van der Waals surface area contributed by atoms with Crippen molar-refractivity contribution in [2.24, 2.45) is 0 Å². The predicted molar refractivity (Wildman–Crippen MR) is 106 cm³/mol. The van der Waals surface area contributed by atoms with Gasteiger partial charge in [0.25, 0.3) is 0 Å². The summed E-state index contributed by atoms with van der Waals surface area (Å²) in [5, 5.41) is 10.1. The third kappa shape index (κ3) is 3.28. The Morgan fingerprint density at radius 3 is 2.28 bits per heavy atom. The summed E-state index contributed by atoms with van der Waals surface area (Å²) in [5.74, 6) is 0.677. The Morgan fingerprint density at radius 1 is 0.906 bits per heavy atom. The molecule has 0 saturated heterocycles. The van der Waals surface area contributed by atoms with Crippen LogP contribution in [0.4, 0.5) is 37.8 Å². The van der Waals surface area contributed by atoms with Gasteiger partial charge in [-0.25, -0.2) is 0 Å². The number of H-pyrrole nitrogens is 1. The van der Waals surface area contributed by atoms with Gasteiger partial charge in [-0.15, -0.1) is 0 Å². The molecule has 2 N–H and O–H groups in total. The van der Waals surface area contributed by atoms with Crippen LogP contribution in [0.3, 0.4) is 0 Å². The Bertz CT molecular complexity index is 1150. The van der Waals surface area contributed by atoms with Gasteiger partial charge >= 0.3 is 12.4 Å². The van der Waals surface area contributed by atoms with Gasteiger partial charge in [-0.3, -0.25) is 5.10 Å². The van der Waals surface area contributed by atoms with E-state index in [2.05, 4.69) is 15.5 Å². The lowest BCUT2D eigenvalue weighted by Gasteiger charge is -2.35. The highest BCUT2D eigenvalue weighted by Crippen LogP contribution is 2.52. The third-order valence-electron chi connectivity index (χ3n) is 6.30. The second-order valence-electron chi connectivity index (χ2n) is 8.20. The summed E-state index contributed by atoms with van der Waals surface area (Å²) in [4.78, 5) is 1.93. The fraction of sp³-hybridized carbons (Fsp3) is 0.318. The fourth-order valence-corrected chi connectivity index (χ4v) is 4.79. The molecule has 5 rings (SSSR count). The monoisotopic (exact) mass is 452 g/mol. The summed E-state index contributed by atoms with van der Waals surface area (Å²) in [7, 11) is 0. The average Bonchev–Trinajstić information content (AvgIpc) is 3.32. The van der Waals surface area contributed by atoms with Crippen molar-refractivity contribution in [2.45, 2.75) is 30.7 Å². The van der Waals surface area contributed by atoms with Crippen molar-refractivity contribution in [3.05, 3.63) is 76.5 Å². The maximum atomic E-state index is 13.5. The second-order valence-corrected chi connectivity index (χ2v) is 8.20. The number of benzene rings is 2. The van der Waals surface area contributed by atoms with Crippen LogP contribution in [-0.4, -0.2) is 23.3 Å². The zero-order valence-corrected chi connectivity index (χ0v) is 16.6. The molecule has 2 aliphatic rings. The van der Waals surface area contributed by atoms with Gasteiger partial charge < -0.3 is 10.2 Å². The number of fused-ring (bicyclic) bond motifs is 4. The predicted octanol–water partition coefficient (Wildman–Crippen LogP) is 5.57. The van der Waals surface area contributed by atoms with E-state index < -0.39 is 28.9 Å². The molecule has 0 fully saturated rings. The first kappa shape index (κ1) is 20.7. The number of aromatic amines is 1. The molecule has 1 atom stereocenters. The molecule has 4 nitrogen and oxygen atoms in total. The zero-order valence-electron chi connectivity index (χ0n) is 16.6. The van der Waals surface area contributed by atoms with Crippen molar-refractivity contribution < 1.29 is 26.3 Å². The number of halogens is 6. The van der Waals surface area contributed by atoms with Crippen LogP contribution in [0.1, 0.15) is 34.2 Å². The number of aromatic nitrogens is 2. The smallest absolute Gasteiger partial charge is 0.370 e. The van der Waals surface area contributed by atoms with Crippen molar-refractivity contribution >= 4 is 11.5 Å². The van der Waals surface area contributed by atoms with E-state index in [1.807, 2.05) is 4.90 Å². The van der Waals surface area contributed by atoms with Gasteiger partial charge in [0.15, 0.2) is 0 Å². The minimum Gasteiger partial charge on any atom is -0.370 e. The summed E-state index contributed by atoms with van der Waals surface area (Å²) in [5.41, 5.74) is 0.471. The fourth-order valence-electron chi connectivity index (χ4n) is 4.79. The lowest BCUT2D eigenvalue weighted by molar-refractivity contribution is -0.138. The summed E-state index contributed by atoms with van der Waals surface area (Å²) in [6, 6.07) is 8.56. The molecule has 1 spiro atoms. The molecule has 0 radical (unpaired) electrons. The van der Waals surface area contributed by atoms with E-state index in [4.69, 9.17) is 0 Å². The number of anilines is 2. The molecule has 0 saturated carbocycles.